The van der Waals surface area contributed by atoms with E-state index in [1.807, 2.05) is 0 Å². The van der Waals surface area contributed by atoms with Crippen molar-refractivity contribution in [3.05, 3.63) is 94.8 Å². The lowest BCUT2D eigenvalue weighted by Gasteiger charge is -2.23. The number of amides is 1. The summed E-state index contributed by atoms with van der Waals surface area (Å²) in [6.45, 7) is 1.45. The van der Waals surface area contributed by atoms with Crippen LogP contribution >= 0.6 is 0 Å². The standard InChI is InChI=1S/C26H18F3N7O2/c1-26(13-9-15(28)20(29)18(37)10-13)19-21(30)33-22(34-23(19)35-25(26)38)17-11-36-7-6-31-24(36)16(32-17)8-12-4-2-3-5-14(12)27/h2-7,9-11,37H,8H2,1H3,(H3,30,33,34,35,38)/t26-/m0/s1. The van der Waals surface area contributed by atoms with E-state index in [2.05, 4.69) is 25.3 Å². The molecule has 2 aromatic carbocycles. The van der Waals surface area contributed by atoms with Gasteiger partial charge in [-0.15, -0.1) is 0 Å². The summed E-state index contributed by atoms with van der Waals surface area (Å²) in [6.07, 6.45) is 5.04. The van der Waals surface area contributed by atoms with E-state index in [0.717, 1.165) is 12.1 Å². The lowest BCUT2D eigenvalue weighted by molar-refractivity contribution is -0.119. The second-order valence-electron chi connectivity index (χ2n) is 9.03. The van der Waals surface area contributed by atoms with E-state index in [1.54, 1.807) is 41.2 Å². The van der Waals surface area contributed by atoms with Gasteiger partial charge in [-0.3, -0.25) is 4.79 Å². The molecular formula is C26H18F3N7O2. The van der Waals surface area contributed by atoms with Gasteiger partial charge in [0.25, 0.3) is 0 Å². The zero-order valence-corrected chi connectivity index (χ0v) is 19.7. The predicted molar refractivity (Wildman–Crippen MR) is 131 cm³/mol. The van der Waals surface area contributed by atoms with Crippen molar-refractivity contribution in [2.45, 2.75) is 18.8 Å². The number of benzene rings is 2. The molecule has 0 aliphatic carbocycles. The first-order valence-electron chi connectivity index (χ1n) is 11.4. The Morgan fingerprint density at radius 2 is 1.89 bits per heavy atom. The first kappa shape index (κ1) is 23.4. The highest BCUT2D eigenvalue weighted by molar-refractivity contribution is 6.09. The molecule has 3 aromatic heterocycles. The number of aromatic hydroxyl groups is 1. The second kappa shape index (κ2) is 8.26. The van der Waals surface area contributed by atoms with Crippen LogP contribution in [-0.4, -0.2) is 35.4 Å². The number of imidazole rings is 1. The molecule has 6 rings (SSSR count). The Kier molecular flexibility index (Phi) is 5.09. The van der Waals surface area contributed by atoms with Gasteiger partial charge in [-0.1, -0.05) is 18.2 Å². The van der Waals surface area contributed by atoms with Crippen LogP contribution in [-0.2, 0) is 16.6 Å². The van der Waals surface area contributed by atoms with Gasteiger partial charge in [0.1, 0.15) is 28.6 Å². The quantitative estimate of drug-likeness (QED) is 0.331. The van der Waals surface area contributed by atoms with Crippen LogP contribution in [0, 0.1) is 17.5 Å². The Morgan fingerprint density at radius 3 is 2.66 bits per heavy atom. The molecule has 38 heavy (non-hydrogen) atoms. The number of nitrogens with zero attached hydrogens (tertiary/aromatic N) is 5. The van der Waals surface area contributed by atoms with Crippen LogP contribution in [0.3, 0.4) is 0 Å². The lowest BCUT2D eigenvalue weighted by atomic mass is 9.77. The minimum Gasteiger partial charge on any atom is -0.505 e. The Bertz CT molecular complexity index is 1770. The van der Waals surface area contributed by atoms with Crippen LogP contribution in [0.25, 0.3) is 17.2 Å². The molecule has 1 aliphatic rings. The van der Waals surface area contributed by atoms with Gasteiger partial charge in [0.2, 0.25) is 5.91 Å². The van der Waals surface area contributed by atoms with Crippen LogP contribution in [0.2, 0.25) is 0 Å². The first-order chi connectivity index (χ1) is 18.2. The third-order valence-electron chi connectivity index (χ3n) is 6.70. The number of anilines is 2. The first-order valence-corrected chi connectivity index (χ1v) is 11.4. The maximum absolute atomic E-state index is 14.4. The summed E-state index contributed by atoms with van der Waals surface area (Å²) in [4.78, 5) is 30.8. The highest BCUT2D eigenvalue weighted by Gasteiger charge is 2.48. The molecule has 9 nitrogen and oxygen atoms in total. The number of hydrogen-bond donors (Lipinski definition) is 3. The predicted octanol–water partition coefficient (Wildman–Crippen LogP) is 3.74. The van der Waals surface area contributed by atoms with Crippen LogP contribution < -0.4 is 11.1 Å². The number of nitrogens with one attached hydrogen (secondary N) is 1. The fourth-order valence-corrected chi connectivity index (χ4v) is 4.71. The fourth-order valence-electron chi connectivity index (χ4n) is 4.71. The Balaban J connectivity index is 1.47. The molecule has 1 amide bonds. The number of nitrogen functional groups attached to an aromatic ring is 1. The van der Waals surface area contributed by atoms with E-state index >= 15 is 0 Å². The number of fused-ring (bicyclic) bond motifs is 2. The van der Waals surface area contributed by atoms with Gasteiger partial charge < -0.3 is 20.6 Å². The molecule has 0 saturated carbocycles. The molecule has 0 spiro atoms. The summed E-state index contributed by atoms with van der Waals surface area (Å²) in [6, 6.07) is 8.11. The minimum atomic E-state index is -1.61. The minimum absolute atomic E-state index is 0.0293. The number of carbonyl (C=O) groups excluding carboxylic acids is 1. The molecule has 0 radical (unpaired) electrons. The topological polar surface area (TPSA) is 131 Å². The summed E-state index contributed by atoms with van der Waals surface area (Å²) in [7, 11) is 0. The van der Waals surface area contributed by atoms with Gasteiger partial charge in [-0.25, -0.2) is 28.7 Å². The number of nitrogens with two attached hydrogens (primary N) is 1. The van der Waals surface area contributed by atoms with Gasteiger partial charge >= 0.3 is 0 Å². The number of aromatic nitrogens is 5. The molecular weight excluding hydrogens is 499 g/mol. The molecule has 4 heterocycles. The van der Waals surface area contributed by atoms with Crippen molar-refractivity contribution in [1.29, 1.82) is 0 Å². The van der Waals surface area contributed by atoms with Crippen molar-refractivity contribution in [1.82, 2.24) is 24.3 Å². The smallest absolute Gasteiger partial charge is 0.240 e. The summed E-state index contributed by atoms with van der Waals surface area (Å²) >= 11 is 0. The number of hydrogen-bond acceptors (Lipinski definition) is 7. The van der Waals surface area contributed by atoms with Crippen LogP contribution in [0.15, 0.2) is 55.0 Å². The van der Waals surface area contributed by atoms with Crippen LogP contribution in [0.4, 0.5) is 24.8 Å². The Hall–Kier alpha value is -5.00. The second-order valence-corrected chi connectivity index (χ2v) is 9.03. The van der Waals surface area contributed by atoms with Crippen molar-refractivity contribution in [2.24, 2.45) is 0 Å². The van der Waals surface area contributed by atoms with E-state index < -0.39 is 28.7 Å². The molecule has 0 bridgehead atoms. The molecule has 1 atom stereocenters. The summed E-state index contributed by atoms with van der Waals surface area (Å²) < 4.78 is 43.9. The monoisotopic (exact) mass is 517 g/mol. The average molecular weight is 517 g/mol. The Morgan fingerprint density at radius 1 is 1.11 bits per heavy atom. The van der Waals surface area contributed by atoms with Crippen LogP contribution in [0.5, 0.6) is 5.75 Å². The largest absolute Gasteiger partial charge is 0.505 e. The molecule has 12 heteroatoms. The summed E-state index contributed by atoms with van der Waals surface area (Å²) in [5.41, 5.74) is 6.49. The molecule has 5 aromatic rings. The molecule has 0 fully saturated rings. The van der Waals surface area contributed by atoms with Gasteiger partial charge in [-0.05, 0) is 36.2 Å². The molecule has 0 unspecified atom stereocenters. The third-order valence-corrected chi connectivity index (χ3v) is 6.70. The number of phenols is 1. The summed E-state index contributed by atoms with van der Waals surface area (Å²) in [5.74, 6) is -4.66. The van der Waals surface area contributed by atoms with Crippen molar-refractivity contribution in [3.8, 4) is 17.3 Å². The SMILES string of the molecule is C[C@@]1(c2cc(O)c(F)c(F)c2)C(=O)Nc2nc(-c3cn4ccnc4c(Cc4ccccc4F)n3)nc(N)c21. The number of carbonyl (C=O) groups is 1. The van der Waals surface area contributed by atoms with E-state index in [9.17, 15) is 23.1 Å². The number of halogens is 3. The van der Waals surface area contributed by atoms with Crippen molar-refractivity contribution >= 4 is 23.2 Å². The number of phenolic OH excluding ortho intramolecular Hbond substituents is 1. The zero-order chi connectivity index (χ0) is 26.8. The van der Waals surface area contributed by atoms with Crippen molar-refractivity contribution in [2.75, 3.05) is 11.1 Å². The molecule has 4 N–H and O–H groups in total. The fraction of sp³-hybridized carbons (Fsp3) is 0.115. The van der Waals surface area contributed by atoms with Gasteiger partial charge in [0.05, 0.1) is 11.3 Å². The number of rotatable bonds is 4. The lowest BCUT2D eigenvalue weighted by Crippen LogP contribution is -2.33. The zero-order valence-electron chi connectivity index (χ0n) is 19.7. The maximum Gasteiger partial charge on any atom is 0.240 e. The van der Waals surface area contributed by atoms with E-state index in [4.69, 9.17) is 5.73 Å². The third kappa shape index (κ3) is 3.44. The van der Waals surface area contributed by atoms with Crippen molar-refractivity contribution in [3.63, 3.8) is 0 Å². The highest BCUT2D eigenvalue weighted by atomic mass is 19.2. The van der Waals surface area contributed by atoms with Gasteiger partial charge in [-0.2, -0.15) is 4.39 Å². The van der Waals surface area contributed by atoms with E-state index in [0.29, 0.717) is 16.9 Å². The molecule has 0 saturated heterocycles. The van der Waals surface area contributed by atoms with Crippen LogP contribution in [0.1, 0.15) is 29.3 Å². The molecule has 190 valence electrons. The molecule has 1 aliphatic heterocycles. The highest BCUT2D eigenvalue weighted by Crippen LogP contribution is 2.46. The normalized spacial score (nSPS) is 16.6. The van der Waals surface area contributed by atoms with Crippen molar-refractivity contribution < 1.29 is 23.1 Å². The van der Waals surface area contributed by atoms with Gasteiger partial charge in [0, 0.05) is 25.0 Å². The van der Waals surface area contributed by atoms with E-state index in [1.165, 1.54) is 13.0 Å². The van der Waals surface area contributed by atoms with Gasteiger partial charge in [0.15, 0.2) is 28.9 Å². The average Bonchev–Trinajstić information content (AvgIpc) is 3.46. The summed E-state index contributed by atoms with van der Waals surface area (Å²) in [5, 5.41) is 12.4. The maximum atomic E-state index is 14.4. The van der Waals surface area contributed by atoms with E-state index in [-0.39, 0.29) is 46.5 Å². The Labute approximate surface area is 212 Å².